The zero-order chi connectivity index (χ0) is 20.7. The number of hydrogen-bond acceptors (Lipinski definition) is 6. The number of rotatable bonds is 3. The lowest BCUT2D eigenvalue weighted by atomic mass is 9.75. The van der Waals surface area contributed by atoms with Crippen molar-refractivity contribution in [2.75, 3.05) is 49.2 Å². The molecule has 5 rings (SSSR count). The number of amides is 1. The van der Waals surface area contributed by atoms with E-state index in [-0.39, 0.29) is 12.0 Å². The van der Waals surface area contributed by atoms with Gasteiger partial charge in [0.2, 0.25) is 5.95 Å². The summed E-state index contributed by atoms with van der Waals surface area (Å²) in [5.74, 6) is 1.93. The number of hydrogen-bond donors (Lipinski definition) is 1. The molecule has 3 aliphatic rings. The van der Waals surface area contributed by atoms with Crippen molar-refractivity contribution in [3.05, 3.63) is 42.5 Å². The predicted octanol–water partition coefficient (Wildman–Crippen LogP) is 1.22. The first kappa shape index (κ1) is 19.4. The molecule has 3 fully saturated rings. The summed E-state index contributed by atoms with van der Waals surface area (Å²) in [6.45, 7) is 7.12. The molecule has 1 N–H and O–H groups in total. The summed E-state index contributed by atoms with van der Waals surface area (Å²) in [5, 5.41) is 12.4. The Labute approximate surface area is 177 Å². The quantitative estimate of drug-likeness (QED) is 0.820. The van der Waals surface area contributed by atoms with E-state index in [0.717, 1.165) is 52.1 Å². The summed E-state index contributed by atoms with van der Waals surface area (Å²) >= 11 is 0. The number of aliphatic hydroxyl groups is 1. The fraction of sp³-hybridized carbons (Fsp3) is 0.591. The highest BCUT2D eigenvalue weighted by Gasteiger charge is 2.41. The van der Waals surface area contributed by atoms with Crippen molar-refractivity contribution in [1.82, 2.24) is 19.5 Å². The molecule has 1 amide bonds. The van der Waals surface area contributed by atoms with Gasteiger partial charge < -0.3 is 19.9 Å². The second-order valence-corrected chi connectivity index (χ2v) is 9.02. The Bertz CT molecular complexity index is 844. The number of anilines is 1. The number of carbonyl (C=O) groups excluding carboxylic acids is 1. The first-order chi connectivity index (χ1) is 14.6. The molecule has 4 unspecified atom stereocenters. The molecule has 8 heteroatoms. The van der Waals surface area contributed by atoms with E-state index in [4.69, 9.17) is 0 Å². The van der Waals surface area contributed by atoms with Crippen molar-refractivity contribution >= 4 is 11.9 Å². The Morgan fingerprint density at radius 1 is 1.00 bits per heavy atom. The maximum absolute atomic E-state index is 13.0. The van der Waals surface area contributed by atoms with E-state index in [0.29, 0.717) is 29.3 Å². The Balaban J connectivity index is 1.19. The molecule has 1 saturated carbocycles. The third-order valence-electron chi connectivity index (χ3n) is 7.08. The van der Waals surface area contributed by atoms with Crippen molar-refractivity contribution in [3.63, 3.8) is 0 Å². The van der Waals surface area contributed by atoms with Gasteiger partial charge in [0.1, 0.15) is 0 Å². The van der Waals surface area contributed by atoms with Crippen LogP contribution in [-0.4, -0.2) is 75.9 Å². The van der Waals surface area contributed by atoms with Gasteiger partial charge in [0.05, 0.1) is 24.8 Å². The standard InChI is InChI=1S/C22H30N6O2/c1-16-10-17-14-26(15-18(17)11-20(16)29)21(30)19-12-23-22(24-13-19)25-6-8-28(9-7-25)27-4-2-3-5-27/h2-5,12-13,16-18,20,29H,6-11,14-15H2,1H3. The van der Waals surface area contributed by atoms with Crippen LogP contribution in [0.15, 0.2) is 36.9 Å². The molecule has 0 radical (unpaired) electrons. The zero-order valence-corrected chi connectivity index (χ0v) is 17.5. The summed E-state index contributed by atoms with van der Waals surface area (Å²) < 4.78 is 2.12. The Morgan fingerprint density at radius 3 is 2.30 bits per heavy atom. The van der Waals surface area contributed by atoms with Gasteiger partial charge >= 0.3 is 0 Å². The van der Waals surface area contributed by atoms with Gasteiger partial charge in [0.15, 0.2) is 0 Å². The summed E-state index contributed by atoms with van der Waals surface area (Å²) in [5.41, 5.74) is 0.553. The number of carbonyl (C=O) groups is 1. The Morgan fingerprint density at radius 2 is 1.63 bits per heavy atom. The van der Waals surface area contributed by atoms with Gasteiger partial charge in [-0.2, -0.15) is 0 Å². The van der Waals surface area contributed by atoms with Crippen LogP contribution in [0.1, 0.15) is 30.1 Å². The normalized spacial score (nSPS) is 29.2. The van der Waals surface area contributed by atoms with Crippen LogP contribution < -0.4 is 9.91 Å². The first-order valence-corrected chi connectivity index (χ1v) is 11.0. The molecular weight excluding hydrogens is 380 g/mol. The average molecular weight is 411 g/mol. The Hall–Kier alpha value is -2.61. The van der Waals surface area contributed by atoms with Crippen LogP contribution in [0.5, 0.6) is 0 Å². The summed E-state index contributed by atoms with van der Waals surface area (Å²) in [6.07, 6.45) is 9.03. The topological polar surface area (TPSA) is 77.7 Å². The molecule has 4 atom stereocenters. The molecule has 0 bridgehead atoms. The van der Waals surface area contributed by atoms with E-state index in [9.17, 15) is 9.90 Å². The highest BCUT2D eigenvalue weighted by atomic mass is 16.3. The Kier molecular flexibility index (Phi) is 5.10. The molecule has 2 saturated heterocycles. The fourth-order valence-electron chi connectivity index (χ4n) is 5.23. The SMILES string of the molecule is CC1CC2CN(C(=O)c3cnc(N4CCN(n5cccc5)CC4)nc3)CC2CC1O. The maximum atomic E-state index is 13.0. The fourth-order valence-corrected chi connectivity index (χ4v) is 5.23. The first-order valence-electron chi connectivity index (χ1n) is 11.0. The lowest BCUT2D eigenvalue weighted by Gasteiger charge is -2.36. The molecule has 2 aromatic rings. The van der Waals surface area contributed by atoms with E-state index in [1.807, 2.05) is 17.0 Å². The van der Waals surface area contributed by atoms with Gasteiger partial charge in [-0.15, -0.1) is 0 Å². The molecular formula is C22H30N6O2. The predicted molar refractivity (Wildman–Crippen MR) is 114 cm³/mol. The highest BCUT2D eigenvalue weighted by molar-refractivity contribution is 5.94. The number of aromatic nitrogens is 3. The van der Waals surface area contributed by atoms with Crippen molar-refractivity contribution < 1.29 is 9.90 Å². The monoisotopic (exact) mass is 410 g/mol. The van der Waals surface area contributed by atoms with E-state index in [2.05, 4.69) is 43.9 Å². The second-order valence-electron chi connectivity index (χ2n) is 9.02. The van der Waals surface area contributed by atoms with Crippen LogP contribution in [0.25, 0.3) is 0 Å². The molecule has 0 spiro atoms. The van der Waals surface area contributed by atoms with Crippen molar-refractivity contribution in [2.24, 2.45) is 17.8 Å². The summed E-state index contributed by atoms with van der Waals surface area (Å²) in [4.78, 5) is 26.1. The molecule has 30 heavy (non-hydrogen) atoms. The number of fused-ring (bicyclic) bond motifs is 1. The number of piperazine rings is 1. The number of likely N-dealkylation sites (tertiary alicyclic amines) is 1. The third-order valence-corrected chi connectivity index (χ3v) is 7.08. The number of aliphatic hydroxyl groups excluding tert-OH is 1. The van der Waals surface area contributed by atoms with E-state index < -0.39 is 0 Å². The van der Waals surface area contributed by atoms with Gasteiger partial charge in [-0.1, -0.05) is 6.92 Å². The lowest BCUT2D eigenvalue weighted by Crippen LogP contribution is -2.51. The van der Waals surface area contributed by atoms with Crippen LogP contribution in [0.2, 0.25) is 0 Å². The van der Waals surface area contributed by atoms with Gasteiger partial charge in [0.25, 0.3) is 5.91 Å². The van der Waals surface area contributed by atoms with E-state index in [1.165, 1.54) is 0 Å². The van der Waals surface area contributed by atoms with Gasteiger partial charge in [-0.25, -0.2) is 9.97 Å². The minimum atomic E-state index is -0.234. The average Bonchev–Trinajstić information content (AvgIpc) is 3.44. The van der Waals surface area contributed by atoms with Gasteiger partial charge in [0, 0.05) is 51.0 Å². The summed E-state index contributed by atoms with van der Waals surface area (Å²) in [6, 6.07) is 4.06. The lowest BCUT2D eigenvalue weighted by molar-refractivity contribution is 0.0383. The van der Waals surface area contributed by atoms with Crippen LogP contribution in [0.3, 0.4) is 0 Å². The molecule has 8 nitrogen and oxygen atoms in total. The van der Waals surface area contributed by atoms with Gasteiger partial charge in [-0.05, 0) is 42.7 Å². The van der Waals surface area contributed by atoms with E-state index in [1.54, 1.807) is 12.4 Å². The van der Waals surface area contributed by atoms with Gasteiger partial charge in [-0.3, -0.25) is 9.47 Å². The van der Waals surface area contributed by atoms with E-state index >= 15 is 0 Å². The smallest absolute Gasteiger partial charge is 0.257 e. The highest BCUT2D eigenvalue weighted by Crippen LogP contribution is 2.39. The number of nitrogens with zero attached hydrogens (tertiary/aromatic N) is 6. The third kappa shape index (κ3) is 3.64. The van der Waals surface area contributed by atoms with Crippen molar-refractivity contribution in [1.29, 1.82) is 0 Å². The molecule has 2 aliphatic heterocycles. The minimum Gasteiger partial charge on any atom is -0.393 e. The molecule has 160 valence electrons. The maximum Gasteiger partial charge on any atom is 0.257 e. The van der Waals surface area contributed by atoms with Crippen LogP contribution >= 0.6 is 0 Å². The van der Waals surface area contributed by atoms with Crippen LogP contribution in [0.4, 0.5) is 5.95 Å². The molecule has 0 aromatic carbocycles. The largest absolute Gasteiger partial charge is 0.393 e. The minimum absolute atomic E-state index is 0.00974. The molecule has 4 heterocycles. The molecule has 2 aromatic heterocycles. The zero-order valence-electron chi connectivity index (χ0n) is 17.5. The van der Waals surface area contributed by atoms with Crippen LogP contribution in [-0.2, 0) is 0 Å². The summed E-state index contributed by atoms with van der Waals surface area (Å²) in [7, 11) is 0. The van der Waals surface area contributed by atoms with Crippen molar-refractivity contribution in [2.45, 2.75) is 25.9 Å². The van der Waals surface area contributed by atoms with Crippen LogP contribution in [0, 0.1) is 17.8 Å². The van der Waals surface area contributed by atoms with Crippen molar-refractivity contribution in [3.8, 4) is 0 Å². The second kappa shape index (κ2) is 7.91. The molecule has 1 aliphatic carbocycles.